The number of ether oxygens (including phenoxy) is 1. The van der Waals surface area contributed by atoms with Crippen LogP contribution in [0.4, 0.5) is 10.2 Å². The molecule has 1 fully saturated rings. The molecule has 0 atom stereocenters. The van der Waals surface area contributed by atoms with E-state index in [9.17, 15) is 14.3 Å². The molecule has 10 heteroatoms. The first-order valence-electron chi connectivity index (χ1n) is 10.9. The fraction of sp³-hybridized carbons (Fsp3) is 0.333. The Morgan fingerprint density at radius 3 is 2.79 bits per heavy atom. The number of hydrogen-bond donors (Lipinski definition) is 2. The Bertz CT molecular complexity index is 1420. The zero-order valence-electron chi connectivity index (χ0n) is 18.5. The molecule has 3 heterocycles. The topological polar surface area (TPSA) is 116 Å². The van der Waals surface area contributed by atoms with Crippen LogP contribution >= 0.6 is 15.9 Å². The highest BCUT2D eigenvalue weighted by Crippen LogP contribution is 2.45. The summed E-state index contributed by atoms with van der Waals surface area (Å²) in [6, 6.07) is 6.32. The van der Waals surface area contributed by atoms with E-state index in [1.807, 2.05) is 6.07 Å². The zero-order chi connectivity index (χ0) is 24.0. The van der Waals surface area contributed by atoms with Gasteiger partial charge in [0.2, 0.25) is 0 Å². The Kier molecular flexibility index (Phi) is 5.73. The minimum absolute atomic E-state index is 0.0394. The van der Waals surface area contributed by atoms with E-state index in [1.54, 1.807) is 23.0 Å². The van der Waals surface area contributed by atoms with Gasteiger partial charge >= 0.3 is 5.97 Å². The van der Waals surface area contributed by atoms with Gasteiger partial charge in [0.05, 0.1) is 33.9 Å². The normalized spacial score (nSPS) is 20.7. The van der Waals surface area contributed by atoms with Crippen molar-refractivity contribution in [1.82, 2.24) is 19.6 Å². The Morgan fingerprint density at radius 2 is 2.09 bits per heavy atom. The standard InChI is InChI=1S/C24H23BrFN5O3/c1-34-12-24(23(32)33)6-4-13(5-7-24)20-19(25)21(27)31-22(30-20)17(11-29-31)15-8-14-9-16(26)2-3-18(14)28-10-15/h2-3,8-11,13H,4-7,12,27H2,1H3,(H,32,33)/t13-,24+. The molecule has 0 radical (unpaired) electrons. The molecule has 1 saturated carbocycles. The second-order valence-electron chi connectivity index (χ2n) is 8.84. The van der Waals surface area contributed by atoms with Crippen molar-refractivity contribution in [3.05, 3.63) is 52.6 Å². The average molecular weight is 528 g/mol. The number of benzene rings is 1. The van der Waals surface area contributed by atoms with Gasteiger partial charge in [-0.15, -0.1) is 0 Å². The minimum atomic E-state index is -0.874. The molecule has 34 heavy (non-hydrogen) atoms. The first-order valence-corrected chi connectivity index (χ1v) is 11.7. The van der Waals surface area contributed by atoms with E-state index in [0.29, 0.717) is 52.5 Å². The van der Waals surface area contributed by atoms with Gasteiger partial charge in [0.1, 0.15) is 11.6 Å². The number of carbonyl (C=O) groups is 1. The van der Waals surface area contributed by atoms with Gasteiger partial charge in [0.25, 0.3) is 0 Å². The lowest BCUT2D eigenvalue weighted by Gasteiger charge is -2.36. The molecule has 0 amide bonds. The average Bonchev–Trinajstić information content (AvgIpc) is 3.25. The predicted molar refractivity (Wildman–Crippen MR) is 129 cm³/mol. The number of aromatic nitrogens is 4. The van der Waals surface area contributed by atoms with Crippen molar-refractivity contribution in [3.63, 3.8) is 0 Å². The minimum Gasteiger partial charge on any atom is -0.481 e. The number of carboxylic acids is 1. The van der Waals surface area contributed by atoms with Crippen LogP contribution in [0.15, 0.2) is 41.1 Å². The summed E-state index contributed by atoms with van der Waals surface area (Å²) in [5.74, 6) is -0.702. The molecule has 0 aliphatic heterocycles. The van der Waals surface area contributed by atoms with Gasteiger partial charge in [-0.25, -0.2) is 9.37 Å². The molecule has 1 aliphatic rings. The van der Waals surface area contributed by atoms with Crippen molar-refractivity contribution in [1.29, 1.82) is 0 Å². The fourth-order valence-corrected chi connectivity index (χ4v) is 5.46. The van der Waals surface area contributed by atoms with Crippen LogP contribution in [0.2, 0.25) is 0 Å². The summed E-state index contributed by atoms with van der Waals surface area (Å²) in [4.78, 5) is 21.3. The van der Waals surface area contributed by atoms with E-state index in [2.05, 4.69) is 26.0 Å². The second kappa shape index (κ2) is 8.59. The highest BCUT2D eigenvalue weighted by atomic mass is 79.9. The molecule has 0 spiro atoms. The number of aliphatic carboxylic acids is 1. The molecule has 3 aromatic heterocycles. The number of pyridine rings is 1. The lowest BCUT2D eigenvalue weighted by atomic mass is 9.70. The number of anilines is 1. The number of fused-ring (bicyclic) bond motifs is 2. The molecule has 1 aromatic carbocycles. The van der Waals surface area contributed by atoms with Crippen molar-refractivity contribution in [2.75, 3.05) is 19.5 Å². The summed E-state index contributed by atoms with van der Waals surface area (Å²) >= 11 is 3.59. The molecule has 1 aliphatic carbocycles. The van der Waals surface area contributed by atoms with Crippen LogP contribution in [0.25, 0.3) is 27.7 Å². The van der Waals surface area contributed by atoms with E-state index in [4.69, 9.17) is 15.5 Å². The summed E-state index contributed by atoms with van der Waals surface area (Å²) in [7, 11) is 1.53. The van der Waals surface area contributed by atoms with Gasteiger partial charge in [0.15, 0.2) is 5.65 Å². The summed E-state index contributed by atoms with van der Waals surface area (Å²) < 4.78 is 21.2. The van der Waals surface area contributed by atoms with Crippen LogP contribution in [-0.2, 0) is 9.53 Å². The van der Waals surface area contributed by atoms with Gasteiger partial charge in [-0.2, -0.15) is 9.61 Å². The number of nitrogens with two attached hydrogens (primary N) is 1. The molecular weight excluding hydrogens is 505 g/mol. The van der Waals surface area contributed by atoms with Crippen LogP contribution in [0.1, 0.15) is 37.3 Å². The van der Waals surface area contributed by atoms with Crippen molar-refractivity contribution in [3.8, 4) is 11.1 Å². The molecule has 3 N–H and O–H groups in total. The van der Waals surface area contributed by atoms with Gasteiger partial charge < -0.3 is 15.6 Å². The molecule has 0 bridgehead atoms. The van der Waals surface area contributed by atoms with Crippen molar-refractivity contribution >= 4 is 44.3 Å². The smallest absolute Gasteiger partial charge is 0.311 e. The van der Waals surface area contributed by atoms with Gasteiger partial charge in [-0.1, -0.05) is 0 Å². The first kappa shape index (κ1) is 22.7. The monoisotopic (exact) mass is 527 g/mol. The summed E-state index contributed by atoms with van der Waals surface area (Å²) in [5.41, 5.74) is 9.06. The highest BCUT2D eigenvalue weighted by Gasteiger charge is 2.43. The summed E-state index contributed by atoms with van der Waals surface area (Å²) in [5, 5.41) is 14.9. The SMILES string of the molecule is COC[C@]1(C(=O)O)CC[C@@H](c2nc3c(-c4cnc5ccc(F)cc5c4)cnn3c(N)c2Br)CC1. The number of methoxy groups -OCH3 is 1. The lowest BCUT2D eigenvalue weighted by Crippen LogP contribution is -2.39. The maximum atomic E-state index is 13.7. The lowest BCUT2D eigenvalue weighted by molar-refractivity contribution is -0.155. The van der Waals surface area contributed by atoms with E-state index in [-0.39, 0.29) is 18.3 Å². The van der Waals surface area contributed by atoms with Crippen LogP contribution in [-0.4, -0.2) is 44.4 Å². The maximum Gasteiger partial charge on any atom is 0.311 e. The highest BCUT2D eigenvalue weighted by molar-refractivity contribution is 9.10. The zero-order valence-corrected chi connectivity index (χ0v) is 20.0. The number of nitrogen functional groups attached to an aromatic ring is 1. The fourth-order valence-electron chi connectivity index (χ4n) is 4.88. The molecular formula is C24H23BrFN5O3. The van der Waals surface area contributed by atoms with E-state index in [1.165, 1.54) is 19.2 Å². The largest absolute Gasteiger partial charge is 0.481 e. The van der Waals surface area contributed by atoms with Crippen LogP contribution in [0.3, 0.4) is 0 Å². The number of carboxylic acid groups (broad SMARTS) is 1. The van der Waals surface area contributed by atoms with Gasteiger partial charge in [-0.3, -0.25) is 9.78 Å². The molecule has 0 saturated heterocycles. The van der Waals surface area contributed by atoms with E-state index >= 15 is 0 Å². The maximum absolute atomic E-state index is 13.7. The summed E-state index contributed by atoms with van der Waals surface area (Å²) in [6.07, 6.45) is 5.67. The molecule has 176 valence electrons. The van der Waals surface area contributed by atoms with Crippen molar-refractivity contribution in [2.45, 2.75) is 31.6 Å². The molecule has 8 nitrogen and oxygen atoms in total. The number of rotatable bonds is 5. The second-order valence-corrected chi connectivity index (χ2v) is 9.64. The Hall–Kier alpha value is -3.11. The molecule has 5 rings (SSSR count). The van der Waals surface area contributed by atoms with Crippen molar-refractivity contribution < 1.29 is 19.0 Å². The first-order chi connectivity index (χ1) is 16.3. The quantitative estimate of drug-likeness (QED) is 0.382. The summed E-state index contributed by atoms with van der Waals surface area (Å²) in [6.45, 7) is 0.188. The van der Waals surface area contributed by atoms with E-state index in [0.717, 1.165) is 16.8 Å². The third kappa shape index (κ3) is 3.70. The van der Waals surface area contributed by atoms with Gasteiger partial charge in [0, 0.05) is 35.7 Å². The predicted octanol–water partition coefficient (Wildman–Crippen LogP) is 4.80. The van der Waals surface area contributed by atoms with E-state index < -0.39 is 11.4 Å². The third-order valence-corrected chi connectivity index (χ3v) is 7.62. The number of halogens is 2. The number of hydrogen-bond acceptors (Lipinski definition) is 6. The number of nitrogens with zero attached hydrogens (tertiary/aromatic N) is 4. The Balaban J connectivity index is 1.55. The molecule has 0 unspecified atom stereocenters. The van der Waals surface area contributed by atoms with Crippen LogP contribution in [0.5, 0.6) is 0 Å². The van der Waals surface area contributed by atoms with Crippen LogP contribution in [0, 0.1) is 11.2 Å². The van der Waals surface area contributed by atoms with Crippen LogP contribution < -0.4 is 5.73 Å². The van der Waals surface area contributed by atoms with Gasteiger partial charge in [-0.05, 0) is 65.9 Å². The van der Waals surface area contributed by atoms with Crippen molar-refractivity contribution in [2.24, 2.45) is 5.41 Å². The molecule has 4 aromatic rings. The Morgan fingerprint density at radius 1 is 1.32 bits per heavy atom. The Labute approximate surface area is 203 Å². The third-order valence-electron chi connectivity index (χ3n) is 6.81.